The number of hydrogen-bond donors (Lipinski definition) is 0. The van der Waals surface area contributed by atoms with Crippen molar-refractivity contribution >= 4 is 27.5 Å². The fraction of sp³-hybridized carbons (Fsp3) is 0.294. The second-order valence-corrected chi connectivity index (χ2v) is 7.17. The van der Waals surface area contributed by atoms with E-state index in [0.29, 0.717) is 0 Å². The Morgan fingerprint density at radius 3 is 2.20 bits per heavy atom. The molecule has 106 valence electrons. The van der Waals surface area contributed by atoms with Crippen LogP contribution in [-0.4, -0.2) is 0 Å². The summed E-state index contributed by atoms with van der Waals surface area (Å²) in [7, 11) is 0. The predicted octanol–water partition coefficient (Wildman–Crippen LogP) is 6.26. The highest BCUT2D eigenvalue weighted by molar-refractivity contribution is 9.09. The van der Waals surface area contributed by atoms with Gasteiger partial charge in [-0.2, -0.15) is 0 Å². The number of hydrogen-bond acceptors (Lipinski definition) is 0. The van der Waals surface area contributed by atoms with E-state index in [1.165, 1.54) is 11.6 Å². The molecule has 0 nitrogen and oxygen atoms in total. The van der Waals surface area contributed by atoms with Crippen molar-refractivity contribution in [3.05, 3.63) is 70.0 Å². The molecule has 0 heterocycles. The van der Waals surface area contributed by atoms with Gasteiger partial charge in [0.05, 0.1) is 9.85 Å². The third kappa shape index (κ3) is 3.24. The summed E-state index contributed by atoms with van der Waals surface area (Å²) >= 11 is 9.64. The van der Waals surface area contributed by atoms with Crippen LogP contribution >= 0.6 is 27.5 Å². The standard InChI is InChI=1S/C17H17BrClF/c1-17(2,3)12-9-7-11(8-10-12)15(18)13-5-4-6-14(20)16(13)19/h4-10,15H,1-3H3. The summed E-state index contributed by atoms with van der Waals surface area (Å²) in [5.41, 5.74) is 3.20. The Bertz CT molecular complexity index is 599. The first-order valence-corrected chi connectivity index (χ1v) is 7.78. The van der Waals surface area contributed by atoms with Crippen LogP contribution in [0.1, 0.15) is 42.3 Å². The zero-order valence-corrected chi connectivity index (χ0v) is 14.1. The minimum absolute atomic E-state index is 0.111. The van der Waals surface area contributed by atoms with Crippen LogP contribution in [0.3, 0.4) is 0 Å². The van der Waals surface area contributed by atoms with Gasteiger partial charge in [0.25, 0.3) is 0 Å². The Labute approximate surface area is 133 Å². The summed E-state index contributed by atoms with van der Waals surface area (Å²) in [4.78, 5) is -0.111. The Morgan fingerprint density at radius 1 is 1.05 bits per heavy atom. The summed E-state index contributed by atoms with van der Waals surface area (Å²) in [6.45, 7) is 6.53. The summed E-state index contributed by atoms with van der Waals surface area (Å²) in [6.07, 6.45) is 0. The lowest BCUT2D eigenvalue weighted by molar-refractivity contribution is 0.590. The Balaban J connectivity index is 2.34. The molecule has 1 unspecified atom stereocenters. The molecule has 0 bridgehead atoms. The third-order valence-electron chi connectivity index (χ3n) is 3.32. The van der Waals surface area contributed by atoms with Crippen LogP contribution in [0.5, 0.6) is 0 Å². The van der Waals surface area contributed by atoms with Crippen molar-refractivity contribution in [1.82, 2.24) is 0 Å². The smallest absolute Gasteiger partial charge is 0.142 e. The van der Waals surface area contributed by atoms with Crippen LogP contribution in [0, 0.1) is 5.82 Å². The van der Waals surface area contributed by atoms with Gasteiger partial charge in [-0.15, -0.1) is 0 Å². The molecule has 2 rings (SSSR count). The molecule has 3 heteroatoms. The van der Waals surface area contributed by atoms with Crippen molar-refractivity contribution < 1.29 is 4.39 Å². The van der Waals surface area contributed by atoms with Gasteiger partial charge < -0.3 is 0 Å². The summed E-state index contributed by atoms with van der Waals surface area (Å²) in [5.74, 6) is -0.389. The Morgan fingerprint density at radius 2 is 1.65 bits per heavy atom. The van der Waals surface area contributed by atoms with Gasteiger partial charge in [-0.25, -0.2) is 4.39 Å². The molecule has 0 aliphatic rings. The summed E-state index contributed by atoms with van der Waals surface area (Å²) < 4.78 is 13.5. The monoisotopic (exact) mass is 354 g/mol. The van der Waals surface area contributed by atoms with Crippen molar-refractivity contribution in [3.8, 4) is 0 Å². The molecule has 1 atom stereocenters. The average Bonchev–Trinajstić information content (AvgIpc) is 2.40. The highest BCUT2D eigenvalue weighted by Gasteiger charge is 2.18. The van der Waals surface area contributed by atoms with Gasteiger partial charge in [0.1, 0.15) is 5.82 Å². The fourth-order valence-electron chi connectivity index (χ4n) is 2.05. The summed E-state index contributed by atoms with van der Waals surface area (Å²) in [5, 5.41) is 0.175. The van der Waals surface area contributed by atoms with E-state index >= 15 is 0 Å². The van der Waals surface area contributed by atoms with Crippen LogP contribution in [0.2, 0.25) is 5.02 Å². The fourth-order valence-corrected chi connectivity index (χ4v) is 3.10. The molecule has 0 N–H and O–H groups in total. The maximum atomic E-state index is 13.5. The molecule has 0 aliphatic heterocycles. The molecule has 0 amide bonds. The molecular weight excluding hydrogens is 339 g/mol. The van der Waals surface area contributed by atoms with E-state index in [-0.39, 0.29) is 21.1 Å². The highest BCUT2D eigenvalue weighted by atomic mass is 79.9. The van der Waals surface area contributed by atoms with E-state index in [0.717, 1.165) is 11.1 Å². The minimum atomic E-state index is -0.389. The minimum Gasteiger partial charge on any atom is -0.205 e. The first kappa shape index (κ1) is 15.5. The maximum absolute atomic E-state index is 13.5. The zero-order valence-electron chi connectivity index (χ0n) is 11.8. The molecular formula is C17H17BrClF. The van der Waals surface area contributed by atoms with Gasteiger partial charge >= 0.3 is 0 Å². The van der Waals surface area contributed by atoms with E-state index in [9.17, 15) is 4.39 Å². The number of rotatable bonds is 2. The van der Waals surface area contributed by atoms with E-state index in [1.807, 2.05) is 6.07 Å². The molecule has 0 aromatic heterocycles. The molecule has 0 aliphatic carbocycles. The van der Waals surface area contributed by atoms with E-state index < -0.39 is 0 Å². The van der Waals surface area contributed by atoms with Crippen LogP contribution in [0.25, 0.3) is 0 Å². The third-order valence-corrected chi connectivity index (χ3v) is 4.74. The summed E-state index contributed by atoms with van der Waals surface area (Å²) in [6, 6.07) is 13.2. The van der Waals surface area contributed by atoms with Gasteiger partial charge in [-0.1, -0.05) is 84.7 Å². The maximum Gasteiger partial charge on any atom is 0.142 e. The van der Waals surface area contributed by atoms with Gasteiger partial charge in [0.2, 0.25) is 0 Å². The van der Waals surface area contributed by atoms with Crippen molar-refractivity contribution in [1.29, 1.82) is 0 Å². The highest BCUT2D eigenvalue weighted by Crippen LogP contribution is 2.36. The van der Waals surface area contributed by atoms with Gasteiger partial charge in [-0.3, -0.25) is 0 Å². The molecule has 0 spiro atoms. The average molecular weight is 356 g/mol. The Kier molecular flexibility index (Phi) is 4.55. The van der Waals surface area contributed by atoms with Crippen LogP contribution < -0.4 is 0 Å². The normalized spacial score (nSPS) is 13.3. The molecule has 0 saturated carbocycles. The van der Waals surface area contributed by atoms with Gasteiger partial charge in [0, 0.05) is 0 Å². The first-order chi connectivity index (χ1) is 9.30. The molecule has 2 aromatic carbocycles. The lowest BCUT2D eigenvalue weighted by Gasteiger charge is -2.20. The SMILES string of the molecule is CC(C)(C)c1ccc(C(Br)c2cccc(F)c2Cl)cc1. The second-order valence-electron chi connectivity index (χ2n) is 5.88. The van der Waals surface area contributed by atoms with Crippen molar-refractivity contribution in [2.24, 2.45) is 0 Å². The molecule has 20 heavy (non-hydrogen) atoms. The van der Waals surface area contributed by atoms with Gasteiger partial charge in [0.15, 0.2) is 0 Å². The largest absolute Gasteiger partial charge is 0.205 e. The van der Waals surface area contributed by atoms with Crippen LogP contribution in [0.4, 0.5) is 4.39 Å². The number of halogens is 3. The lowest BCUT2D eigenvalue weighted by atomic mass is 9.86. The van der Waals surface area contributed by atoms with Crippen molar-refractivity contribution in [2.75, 3.05) is 0 Å². The van der Waals surface area contributed by atoms with Crippen molar-refractivity contribution in [2.45, 2.75) is 31.0 Å². The number of alkyl halides is 1. The predicted molar refractivity (Wildman–Crippen MR) is 87.3 cm³/mol. The zero-order chi connectivity index (χ0) is 14.9. The van der Waals surface area contributed by atoms with E-state index in [4.69, 9.17) is 11.6 Å². The molecule has 0 saturated heterocycles. The quantitative estimate of drug-likeness (QED) is 0.558. The first-order valence-electron chi connectivity index (χ1n) is 6.49. The molecule has 2 aromatic rings. The molecule has 0 radical (unpaired) electrons. The second kappa shape index (κ2) is 5.87. The van der Waals surface area contributed by atoms with E-state index in [2.05, 4.69) is 61.0 Å². The van der Waals surface area contributed by atoms with Crippen LogP contribution in [-0.2, 0) is 5.41 Å². The van der Waals surface area contributed by atoms with E-state index in [1.54, 1.807) is 6.07 Å². The molecule has 0 fully saturated rings. The van der Waals surface area contributed by atoms with Crippen LogP contribution in [0.15, 0.2) is 42.5 Å². The van der Waals surface area contributed by atoms with Crippen molar-refractivity contribution in [3.63, 3.8) is 0 Å². The lowest BCUT2D eigenvalue weighted by Crippen LogP contribution is -2.10. The number of benzene rings is 2. The Hall–Kier alpha value is -0.860. The van der Waals surface area contributed by atoms with Gasteiger partial charge in [-0.05, 0) is 28.2 Å². The topological polar surface area (TPSA) is 0 Å².